The molecule has 2 heterocycles. The summed E-state index contributed by atoms with van der Waals surface area (Å²) in [4.78, 5) is 4.40. The number of aryl methyl sites for hydroxylation is 1. The molecule has 0 amide bonds. The molecule has 1 aromatic heterocycles. The first kappa shape index (κ1) is 16.2. The summed E-state index contributed by atoms with van der Waals surface area (Å²) in [5, 5.41) is 5.19. The fourth-order valence-electron chi connectivity index (χ4n) is 2.72. The van der Waals surface area contributed by atoms with Gasteiger partial charge in [0.2, 0.25) is 0 Å². The summed E-state index contributed by atoms with van der Waals surface area (Å²) in [6.07, 6.45) is 6.43. The van der Waals surface area contributed by atoms with E-state index in [1.165, 1.54) is 35.5 Å². The molecule has 0 radical (unpaired) electrons. The first-order valence-electron chi connectivity index (χ1n) is 7.64. The molecule has 0 aromatic carbocycles. The second-order valence-corrected chi connectivity index (χ2v) is 8.01. The molecule has 3 atom stereocenters. The molecule has 4 heteroatoms. The van der Waals surface area contributed by atoms with E-state index in [1.54, 1.807) is 0 Å². The van der Waals surface area contributed by atoms with E-state index >= 15 is 0 Å². The highest BCUT2D eigenvalue weighted by atomic mass is 32.2. The van der Waals surface area contributed by atoms with Gasteiger partial charge >= 0.3 is 0 Å². The minimum atomic E-state index is 0.435. The van der Waals surface area contributed by atoms with Crippen molar-refractivity contribution in [2.24, 2.45) is 0 Å². The zero-order valence-corrected chi connectivity index (χ0v) is 14.4. The van der Waals surface area contributed by atoms with Gasteiger partial charge < -0.3 is 5.32 Å². The number of thioether (sulfide) groups is 2. The van der Waals surface area contributed by atoms with Crippen molar-refractivity contribution >= 4 is 23.5 Å². The van der Waals surface area contributed by atoms with Crippen LogP contribution in [0, 0.1) is 6.92 Å². The molecular weight excluding hydrogens is 284 g/mol. The minimum absolute atomic E-state index is 0.435. The average molecular weight is 311 g/mol. The zero-order valence-electron chi connectivity index (χ0n) is 12.8. The topological polar surface area (TPSA) is 24.9 Å². The molecule has 0 saturated carbocycles. The molecule has 0 spiro atoms. The Kier molecular flexibility index (Phi) is 6.72. The first-order chi connectivity index (χ1) is 9.76. The predicted octanol–water partition coefficient (Wildman–Crippen LogP) is 4.06. The third-order valence-corrected chi connectivity index (χ3v) is 7.04. The lowest BCUT2D eigenvalue weighted by Gasteiger charge is -2.36. The number of hydrogen-bond acceptors (Lipinski definition) is 4. The molecule has 20 heavy (non-hydrogen) atoms. The molecule has 1 fully saturated rings. The van der Waals surface area contributed by atoms with E-state index in [0.29, 0.717) is 11.3 Å². The molecule has 0 aliphatic carbocycles. The van der Waals surface area contributed by atoms with Crippen LogP contribution >= 0.6 is 23.5 Å². The Morgan fingerprint density at radius 1 is 1.30 bits per heavy atom. The number of aromatic nitrogens is 1. The van der Waals surface area contributed by atoms with Gasteiger partial charge in [-0.05, 0) is 37.4 Å². The molecule has 1 saturated heterocycles. The maximum absolute atomic E-state index is 4.40. The fourth-order valence-corrected chi connectivity index (χ4v) is 5.97. The van der Waals surface area contributed by atoms with Crippen molar-refractivity contribution in [2.75, 3.05) is 18.1 Å². The van der Waals surface area contributed by atoms with Gasteiger partial charge in [-0.25, -0.2) is 0 Å². The summed E-state index contributed by atoms with van der Waals surface area (Å²) in [5.74, 6) is 2.57. The standard InChI is InChI=1S/C16H26N2S2/c1-4-6-18-15(13-9-12(3)10-17-11-13)16-14(5-2)19-7-8-20-16/h9-11,14-16,18H,4-8H2,1-3H3. The predicted molar refractivity (Wildman–Crippen MR) is 92.8 cm³/mol. The van der Waals surface area contributed by atoms with Crippen LogP contribution < -0.4 is 5.32 Å². The quantitative estimate of drug-likeness (QED) is 0.856. The summed E-state index contributed by atoms with van der Waals surface area (Å²) in [7, 11) is 0. The highest BCUT2D eigenvalue weighted by Gasteiger charge is 2.32. The Hall–Kier alpha value is -0.190. The van der Waals surface area contributed by atoms with Crippen LogP contribution in [0.4, 0.5) is 0 Å². The van der Waals surface area contributed by atoms with E-state index < -0.39 is 0 Å². The van der Waals surface area contributed by atoms with Gasteiger partial charge in [-0.1, -0.05) is 19.9 Å². The van der Waals surface area contributed by atoms with E-state index in [1.807, 2.05) is 12.4 Å². The summed E-state index contributed by atoms with van der Waals surface area (Å²) >= 11 is 4.29. The van der Waals surface area contributed by atoms with E-state index in [9.17, 15) is 0 Å². The molecule has 2 rings (SSSR count). The molecule has 112 valence electrons. The van der Waals surface area contributed by atoms with Crippen molar-refractivity contribution in [3.63, 3.8) is 0 Å². The van der Waals surface area contributed by atoms with E-state index in [-0.39, 0.29) is 0 Å². The molecule has 2 nitrogen and oxygen atoms in total. The number of nitrogens with zero attached hydrogens (tertiary/aromatic N) is 1. The summed E-state index contributed by atoms with van der Waals surface area (Å²) in [5.41, 5.74) is 2.62. The number of nitrogens with one attached hydrogen (secondary N) is 1. The number of rotatable bonds is 6. The Bertz CT molecular complexity index is 411. The molecular formula is C16H26N2S2. The van der Waals surface area contributed by atoms with Crippen molar-refractivity contribution in [3.05, 3.63) is 29.6 Å². The Balaban J connectivity index is 2.21. The van der Waals surface area contributed by atoms with Crippen LogP contribution in [0.5, 0.6) is 0 Å². The van der Waals surface area contributed by atoms with Crippen LogP contribution in [0.1, 0.15) is 43.9 Å². The lowest BCUT2D eigenvalue weighted by molar-refractivity contribution is 0.496. The molecule has 3 unspecified atom stereocenters. The highest BCUT2D eigenvalue weighted by molar-refractivity contribution is 8.07. The smallest absolute Gasteiger partial charge is 0.0466 e. The fraction of sp³-hybridized carbons (Fsp3) is 0.688. The van der Waals surface area contributed by atoms with Gasteiger partial charge in [0, 0.05) is 40.4 Å². The second kappa shape index (κ2) is 8.30. The minimum Gasteiger partial charge on any atom is -0.309 e. The summed E-state index contributed by atoms with van der Waals surface area (Å²) in [6, 6.07) is 2.73. The Labute approximate surface area is 131 Å². The lowest BCUT2D eigenvalue weighted by atomic mass is 10.0. The Morgan fingerprint density at radius 3 is 2.80 bits per heavy atom. The third-order valence-electron chi connectivity index (χ3n) is 3.69. The molecule has 1 N–H and O–H groups in total. The van der Waals surface area contributed by atoms with E-state index in [2.05, 4.69) is 60.7 Å². The van der Waals surface area contributed by atoms with Crippen LogP contribution in [-0.4, -0.2) is 33.5 Å². The van der Waals surface area contributed by atoms with Crippen molar-refractivity contribution < 1.29 is 0 Å². The van der Waals surface area contributed by atoms with Crippen LogP contribution in [0.2, 0.25) is 0 Å². The highest BCUT2D eigenvalue weighted by Crippen LogP contribution is 2.40. The average Bonchev–Trinajstić information content (AvgIpc) is 2.48. The monoisotopic (exact) mass is 310 g/mol. The second-order valence-electron chi connectivity index (χ2n) is 5.38. The maximum Gasteiger partial charge on any atom is 0.0466 e. The van der Waals surface area contributed by atoms with E-state index in [4.69, 9.17) is 0 Å². The van der Waals surface area contributed by atoms with Gasteiger partial charge in [-0.3, -0.25) is 4.98 Å². The zero-order chi connectivity index (χ0) is 14.4. The maximum atomic E-state index is 4.40. The number of pyridine rings is 1. The van der Waals surface area contributed by atoms with Crippen molar-refractivity contribution in [1.29, 1.82) is 0 Å². The van der Waals surface area contributed by atoms with Crippen molar-refractivity contribution in [1.82, 2.24) is 10.3 Å². The summed E-state index contributed by atoms with van der Waals surface area (Å²) < 4.78 is 0. The Morgan fingerprint density at radius 2 is 2.10 bits per heavy atom. The lowest BCUT2D eigenvalue weighted by Crippen LogP contribution is -2.39. The SMILES string of the molecule is CCCNC(c1cncc(C)c1)C1SCCSC1CC. The van der Waals surface area contributed by atoms with Crippen molar-refractivity contribution in [2.45, 2.75) is 50.2 Å². The van der Waals surface area contributed by atoms with Gasteiger partial charge in [0.1, 0.15) is 0 Å². The third kappa shape index (κ3) is 4.15. The van der Waals surface area contributed by atoms with Gasteiger partial charge in [-0.15, -0.1) is 0 Å². The number of hydrogen-bond donors (Lipinski definition) is 1. The van der Waals surface area contributed by atoms with Crippen LogP contribution in [0.15, 0.2) is 18.5 Å². The first-order valence-corrected chi connectivity index (χ1v) is 9.74. The van der Waals surface area contributed by atoms with Crippen LogP contribution in [0.25, 0.3) is 0 Å². The molecule has 1 aliphatic heterocycles. The largest absolute Gasteiger partial charge is 0.309 e. The van der Waals surface area contributed by atoms with Crippen LogP contribution in [-0.2, 0) is 0 Å². The van der Waals surface area contributed by atoms with Crippen molar-refractivity contribution in [3.8, 4) is 0 Å². The molecule has 1 aliphatic rings. The van der Waals surface area contributed by atoms with Gasteiger partial charge in [-0.2, -0.15) is 23.5 Å². The summed E-state index contributed by atoms with van der Waals surface area (Å²) in [6.45, 7) is 7.77. The van der Waals surface area contributed by atoms with E-state index in [0.717, 1.165) is 11.8 Å². The van der Waals surface area contributed by atoms with Gasteiger partial charge in [0.15, 0.2) is 0 Å². The van der Waals surface area contributed by atoms with Gasteiger partial charge in [0.25, 0.3) is 0 Å². The normalized spacial score (nSPS) is 24.6. The molecule has 1 aromatic rings. The van der Waals surface area contributed by atoms with Crippen LogP contribution in [0.3, 0.4) is 0 Å². The van der Waals surface area contributed by atoms with Gasteiger partial charge in [0.05, 0.1) is 0 Å². The molecule has 0 bridgehead atoms.